The smallest absolute Gasteiger partial charge is 0.342 e. The van der Waals surface area contributed by atoms with Crippen molar-refractivity contribution in [2.75, 3.05) is 13.2 Å². The van der Waals surface area contributed by atoms with Gasteiger partial charge in [-0.25, -0.2) is 4.79 Å². The molecule has 0 saturated carbocycles. The van der Waals surface area contributed by atoms with E-state index in [0.717, 1.165) is 19.3 Å². The molecule has 1 aliphatic heterocycles. The third-order valence-electron chi connectivity index (χ3n) is 3.63. The van der Waals surface area contributed by atoms with Crippen LogP contribution in [0.2, 0.25) is 5.02 Å². The number of nitrogens with zero attached hydrogens (tertiary/aromatic N) is 1. The van der Waals surface area contributed by atoms with Crippen LogP contribution in [0.4, 0.5) is 0 Å². The van der Waals surface area contributed by atoms with Gasteiger partial charge >= 0.3 is 5.97 Å². The molecule has 114 valence electrons. The predicted octanol–water partition coefficient (Wildman–Crippen LogP) is 2.60. The Morgan fingerprint density at radius 3 is 2.90 bits per heavy atom. The summed E-state index contributed by atoms with van der Waals surface area (Å²) >= 11 is 5.77. The molecule has 1 heterocycles. The van der Waals surface area contributed by atoms with Crippen LogP contribution < -0.4 is 0 Å². The monoisotopic (exact) mass is 311 g/mol. The number of halogens is 1. The van der Waals surface area contributed by atoms with E-state index in [4.69, 9.17) is 16.3 Å². The highest BCUT2D eigenvalue weighted by Crippen LogP contribution is 2.22. The standard InChI is InChI=1S/C15H18ClNO4/c1-10-4-2-3-7-17(10)14(19)9-21-15(20)12-8-11(16)5-6-13(12)18/h5-6,8,10,18H,2-4,7,9H2,1H3. The number of esters is 1. The number of phenolic OH excluding ortho intramolecular Hbond substituents is 1. The third-order valence-corrected chi connectivity index (χ3v) is 3.86. The lowest BCUT2D eigenvalue weighted by Crippen LogP contribution is -2.44. The lowest BCUT2D eigenvalue weighted by molar-refractivity contribution is -0.137. The molecule has 0 radical (unpaired) electrons. The molecule has 6 heteroatoms. The molecule has 1 atom stereocenters. The van der Waals surface area contributed by atoms with Gasteiger partial charge in [-0.3, -0.25) is 4.79 Å². The summed E-state index contributed by atoms with van der Waals surface area (Å²) in [5.41, 5.74) is -0.0398. The van der Waals surface area contributed by atoms with Gasteiger partial charge in [-0.15, -0.1) is 0 Å². The molecule has 0 aliphatic carbocycles. The van der Waals surface area contributed by atoms with E-state index in [9.17, 15) is 14.7 Å². The molecule has 1 aromatic carbocycles. The molecule has 1 amide bonds. The minimum absolute atomic E-state index is 0.0398. The van der Waals surface area contributed by atoms with Gasteiger partial charge in [0.05, 0.1) is 0 Å². The van der Waals surface area contributed by atoms with Crippen molar-refractivity contribution >= 4 is 23.5 Å². The molecule has 21 heavy (non-hydrogen) atoms. The fraction of sp³-hybridized carbons (Fsp3) is 0.467. The number of likely N-dealkylation sites (tertiary alicyclic amines) is 1. The summed E-state index contributed by atoms with van der Waals surface area (Å²) in [4.78, 5) is 25.7. The molecule has 0 aromatic heterocycles. The number of piperidine rings is 1. The number of ether oxygens (including phenoxy) is 1. The summed E-state index contributed by atoms with van der Waals surface area (Å²) in [5, 5.41) is 9.92. The lowest BCUT2D eigenvalue weighted by Gasteiger charge is -2.33. The Balaban J connectivity index is 1.94. The van der Waals surface area contributed by atoms with Crippen molar-refractivity contribution in [3.63, 3.8) is 0 Å². The maximum atomic E-state index is 12.1. The zero-order valence-electron chi connectivity index (χ0n) is 11.8. The highest BCUT2D eigenvalue weighted by Gasteiger charge is 2.24. The molecule has 5 nitrogen and oxygen atoms in total. The minimum Gasteiger partial charge on any atom is -0.507 e. The van der Waals surface area contributed by atoms with E-state index >= 15 is 0 Å². The van der Waals surface area contributed by atoms with Crippen LogP contribution in [0.25, 0.3) is 0 Å². The summed E-state index contributed by atoms with van der Waals surface area (Å²) in [6.45, 7) is 2.36. The van der Waals surface area contributed by atoms with Crippen LogP contribution in [0, 0.1) is 0 Å². The van der Waals surface area contributed by atoms with E-state index < -0.39 is 5.97 Å². The van der Waals surface area contributed by atoms with E-state index in [1.165, 1.54) is 18.2 Å². The Kier molecular flexibility index (Phi) is 5.07. The maximum absolute atomic E-state index is 12.1. The quantitative estimate of drug-likeness (QED) is 0.871. The van der Waals surface area contributed by atoms with E-state index in [-0.39, 0.29) is 29.9 Å². The van der Waals surface area contributed by atoms with E-state index in [1.807, 2.05) is 6.92 Å². The number of amides is 1. The van der Waals surface area contributed by atoms with Gasteiger partial charge in [0.25, 0.3) is 5.91 Å². The highest BCUT2D eigenvalue weighted by molar-refractivity contribution is 6.31. The van der Waals surface area contributed by atoms with Crippen LogP contribution in [0.5, 0.6) is 5.75 Å². The molecular weight excluding hydrogens is 294 g/mol. The van der Waals surface area contributed by atoms with Gasteiger partial charge in [-0.05, 0) is 44.4 Å². The van der Waals surface area contributed by atoms with Crippen LogP contribution in [-0.2, 0) is 9.53 Å². The number of hydrogen-bond donors (Lipinski definition) is 1. The maximum Gasteiger partial charge on any atom is 0.342 e. The Bertz CT molecular complexity index is 546. The van der Waals surface area contributed by atoms with Crippen molar-refractivity contribution in [3.05, 3.63) is 28.8 Å². The number of carbonyl (C=O) groups is 2. The van der Waals surface area contributed by atoms with Gasteiger partial charge in [-0.1, -0.05) is 11.6 Å². The largest absolute Gasteiger partial charge is 0.507 e. The number of carbonyl (C=O) groups excluding carboxylic acids is 2. The number of benzene rings is 1. The zero-order chi connectivity index (χ0) is 15.4. The SMILES string of the molecule is CC1CCCCN1C(=O)COC(=O)c1cc(Cl)ccc1O. The van der Waals surface area contributed by atoms with Gasteiger partial charge in [0, 0.05) is 17.6 Å². The van der Waals surface area contributed by atoms with Crippen molar-refractivity contribution in [2.45, 2.75) is 32.2 Å². The van der Waals surface area contributed by atoms with Gasteiger partial charge in [0.1, 0.15) is 11.3 Å². The molecule has 1 aliphatic rings. The van der Waals surface area contributed by atoms with Gasteiger partial charge < -0.3 is 14.7 Å². The lowest BCUT2D eigenvalue weighted by atomic mass is 10.0. The minimum atomic E-state index is -0.756. The molecular formula is C15H18ClNO4. The van der Waals surface area contributed by atoms with E-state index in [2.05, 4.69) is 0 Å². The predicted molar refractivity (Wildman–Crippen MR) is 78.4 cm³/mol. The van der Waals surface area contributed by atoms with Crippen LogP contribution in [0.1, 0.15) is 36.5 Å². The second-order valence-electron chi connectivity index (χ2n) is 5.17. The Morgan fingerprint density at radius 2 is 2.19 bits per heavy atom. The van der Waals surface area contributed by atoms with Crippen LogP contribution in [0.3, 0.4) is 0 Å². The van der Waals surface area contributed by atoms with Crippen LogP contribution in [0.15, 0.2) is 18.2 Å². The molecule has 1 fully saturated rings. The molecule has 1 N–H and O–H groups in total. The van der Waals surface area contributed by atoms with E-state index in [1.54, 1.807) is 4.90 Å². The Hall–Kier alpha value is -1.75. The zero-order valence-corrected chi connectivity index (χ0v) is 12.6. The molecule has 1 unspecified atom stereocenters. The summed E-state index contributed by atoms with van der Waals surface area (Å²) < 4.78 is 4.98. The van der Waals surface area contributed by atoms with Crippen molar-refractivity contribution in [2.24, 2.45) is 0 Å². The summed E-state index contributed by atoms with van der Waals surface area (Å²) in [7, 11) is 0. The number of aromatic hydroxyl groups is 1. The topological polar surface area (TPSA) is 66.8 Å². The van der Waals surface area contributed by atoms with Crippen LogP contribution >= 0.6 is 11.6 Å². The van der Waals surface area contributed by atoms with Crippen molar-refractivity contribution in [1.29, 1.82) is 0 Å². The number of hydrogen-bond acceptors (Lipinski definition) is 4. The molecule has 2 rings (SSSR count). The van der Waals surface area contributed by atoms with Crippen molar-refractivity contribution < 1.29 is 19.4 Å². The summed E-state index contributed by atoms with van der Waals surface area (Å²) in [5.74, 6) is -1.19. The summed E-state index contributed by atoms with van der Waals surface area (Å²) in [6.07, 6.45) is 3.05. The first-order chi connectivity index (χ1) is 9.99. The van der Waals surface area contributed by atoms with E-state index in [0.29, 0.717) is 11.6 Å². The Labute approximate surface area is 128 Å². The average Bonchev–Trinajstić information content (AvgIpc) is 2.47. The fourth-order valence-electron chi connectivity index (χ4n) is 2.43. The van der Waals surface area contributed by atoms with Crippen molar-refractivity contribution in [1.82, 2.24) is 4.90 Å². The second-order valence-corrected chi connectivity index (χ2v) is 5.61. The summed E-state index contributed by atoms with van der Waals surface area (Å²) in [6, 6.07) is 4.26. The average molecular weight is 312 g/mol. The van der Waals surface area contributed by atoms with Crippen LogP contribution in [-0.4, -0.2) is 41.1 Å². The molecule has 0 spiro atoms. The highest BCUT2D eigenvalue weighted by atomic mass is 35.5. The molecule has 0 bridgehead atoms. The number of rotatable bonds is 3. The van der Waals surface area contributed by atoms with Gasteiger partial charge in [-0.2, -0.15) is 0 Å². The molecule has 1 aromatic rings. The first-order valence-electron chi connectivity index (χ1n) is 6.94. The van der Waals surface area contributed by atoms with Gasteiger partial charge in [0.2, 0.25) is 0 Å². The van der Waals surface area contributed by atoms with Crippen molar-refractivity contribution in [3.8, 4) is 5.75 Å². The fourth-order valence-corrected chi connectivity index (χ4v) is 2.60. The second kappa shape index (κ2) is 6.80. The third kappa shape index (κ3) is 3.88. The first-order valence-corrected chi connectivity index (χ1v) is 7.32. The first kappa shape index (κ1) is 15.6. The molecule has 1 saturated heterocycles. The Morgan fingerprint density at radius 1 is 1.43 bits per heavy atom. The number of phenols is 1. The normalized spacial score (nSPS) is 18.4. The van der Waals surface area contributed by atoms with Gasteiger partial charge in [0.15, 0.2) is 6.61 Å².